The van der Waals surface area contributed by atoms with Crippen LogP contribution in [0.15, 0.2) is 24.3 Å². The lowest BCUT2D eigenvalue weighted by molar-refractivity contribution is -0.157. The Morgan fingerprint density at radius 1 is 1.47 bits per heavy atom. The molecule has 0 bridgehead atoms. The van der Waals surface area contributed by atoms with Crippen LogP contribution < -0.4 is 4.74 Å². The first kappa shape index (κ1) is 13.9. The summed E-state index contributed by atoms with van der Waals surface area (Å²) in [6.45, 7) is 5.37. The third-order valence-corrected chi connectivity index (χ3v) is 3.81. The highest BCUT2D eigenvalue weighted by Crippen LogP contribution is 2.42. The number of ether oxygens (including phenoxy) is 2. The van der Waals surface area contributed by atoms with E-state index in [0.717, 1.165) is 11.3 Å². The van der Waals surface area contributed by atoms with Crippen LogP contribution in [0.1, 0.15) is 25.8 Å². The number of rotatable bonds is 6. The fourth-order valence-electron chi connectivity index (χ4n) is 2.75. The van der Waals surface area contributed by atoms with E-state index in [4.69, 9.17) is 9.47 Å². The van der Waals surface area contributed by atoms with Gasteiger partial charge in [0.25, 0.3) is 0 Å². The van der Waals surface area contributed by atoms with E-state index in [0.29, 0.717) is 26.2 Å². The second kappa shape index (κ2) is 5.61. The van der Waals surface area contributed by atoms with Crippen molar-refractivity contribution < 1.29 is 19.4 Å². The predicted octanol–water partition coefficient (Wildman–Crippen LogP) is 2.46. The van der Waals surface area contributed by atoms with Gasteiger partial charge in [-0.2, -0.15) is 0 Å². The van der Waals surface area contributed by atoms with Crippen molar-refractivity contribution in [1.29, 1.82) is 0 Å². The molecule has 1 unspecified atom stereocenters. The quantitative estimate of drug-likeness (QED) is 0.857. The Bertz CT molecular complexity index is 451. The Morgan fingerprint density at radius 2 is 2.21 bits per heavy atom. The summed E-state index contributed by atoms with van der Waals surface area (Å²) in [5.74, 6) is -0.391. The molecular formula is C15H20O4. The van der Waals surface area contributed by atoms with Gasteiger partial charge in [0.2, 0.25) is 0 Å². The summed E-state index contributed by atoms with van der Waals surface area (Å²) in [5.41, 5.74) is 0.590. The zero-order valence-corrected chi connectivity index (χ0v) is 11.4. The van der Waals surface area contributed by atoms with Gasteiger partial charge >= 0.3 is 5.97 Å². The first-order valence-corrected chi connectivity index (χ1v) is 6.68. The molecule has 4 nitrogen and oxygen atoms in total. The number of carbonyl (C=O) groups is 1. The molecule has 1 aromatic rings. The molecule has 0 amide bonds. The van der Waals surface area contributed by atoms with Crippen LogP contribution in [0.5, 0.6) is 5.75 Å². The second-order valence-electron chi connectivity index (χ2n) is 4.91. The standard InChI is InChI=1S/C15H20O4/c1-3-13(14(16)17)15(9-18-10-15)11-6-5-7-12(8-11)19-4-2/h5-8,13H,3-4,9-10H2,1-2H3,(H,16,17). The number of hydrogen-bond acceptors (Lipinski definition) is 3. The largest absolute Gasteiger partial charge is 0.494 e. The molecule has 1 atom stereocenters. The molecule has 2 rings (SSSR count). The molecule has 1 aliphatic rings. The number of hydrogen-bond donors (Lipinski definition) is 1. The molecular weight excluding hydrogens is 244 g/mol. The average molecular weight is 264 g/mol. The van der Waals surface area contributed by atoms with E-state index in [2.05, 4.69) is 0 Å². The van der Waals surface area contributed by atoms with E-state index >= 15 is 0 Å². The molecule has 4 heteroatoms. The average Bonchev–Trinajstić information content (AvgIpc) is 2.33. The Balaban J connectivity index is 2.35. The van der Waals surface area contributed by atoms with Gasteiger partial charge < -0.3 is 14.6 Å². The van der Waals surface area contributed by atoms with Crippen molar-refractivity contribution in [3.05, 3.63) is 29.8 Å². The third-order valence-electron chi connectivity index (χ3n) is 3.81. The summed E-state index contributed by atoms with van der Waals surface area (Å²) in [6, 6.07) is 7.71. The first-order chi connectivity index (χ1) is 9.14. The Labute approximate surface area is 113 Å². The normalized spacial score (nSPS) is 18.4. The summed E-state index contributed by atoms with van der Waals surface area (Å²) < 4.78 is 10.8. The van der Waals surface area contributed by atoms with Crippen LogP contribution in [-0.2, 0) is 14.9 Å². The third kappa shape index (κ3) is 2.45. The molecule has 1 fully saturated rings. The van der Waals surface area contributed by atoms with E-state index < -0.39 is 17.3 Å². The summed E-state index contributed by atoms with van der Waals surface area (Å²) in [4.78, 5) is 11.5. The Morgan fingerprint density at radius 3 is 2.68 bits per heavy atom. The minimum Gasteiger partial charge on any atom is -0.494 e. The van der Waals surface area contributed by atoms with E-state index in [1.807, 2.05) is 38.1 Å². The van der Waals surface area contributed by atoms with Gasteiger partial charge in [-0.05, 0) is 31.0 Å². The van der Waals surface area contributed by atoms with E-state index in [-0.39, 0.29) is 0 Å². The molecule has 1 aromatic carbocycles. The van der Waals surface area contributed by atoms with Gasteiger partial charge in [-0.3, -0.25) is 4.79 Å². The summed E-state index contributed by atoms with van der Waals surface area (Å²) in [6.07, 6.45) is 0.595. The molecule has 1 saturated heterocycles. The lowest BCUT2D eigenvalue weighted by Crippen LogP contribution is -2.54. The van der Waals surface area contributed by atoms with Gasteiger partial charge in [0.1, 0.15) is 5.75 Å². The van der Waals surface area contributed by atoms with Gasteiger partial charge in [-0.1, -0.05) is 19.1 Å². The highest BCUT2D eigenvalue weighted by Gasteiger charge is 2.49. The summed E-state index contributed by atoms with van der Waals surface area (Å²) in [5, 5.41) is 9.42. The van der Waals surface area contributed by atoms with E-state index in [1.54, 1.807) is 0 Å². The monoisotopic (exact) mass is 264 g/mol. The molecule has 0 aliphatic carbocycles. The smallest absolute Gasteiger partial charge is 0.307 e. The minimum absolute atomic E-state index is 0.409. The van der Waals surface area contributed by atoms with Gasteiger partial charge in [-0.25, -0.2) is 0 Å². The first-order valence-electron chi connectivity index (χ1n) is 6.68. The lowest BCUT2D eigenvalue weighted by Gasteiger charge is -2.45. The Kier molecular flexibility index (Phi) is 4.10. The van der Waals surface area contributed by atoms with Crippen molar-refractivity contribution in [2.24, 2.45) is 5.92 Å². The van der Waals surface area contributed by atoms with Crippen molar-refractivity contribution in [1.82, 2.24) is 0 Å². The second-order valence-corrected chi connectivity index (χ2v) is 4.91. The van der Waals surface area contributed by atoms with Crippen LogP contribution in [0.3, 0.4) is 0 Å². The summed E-state index contributed by atoms with van der Waals surface area (Å²) in [7, 11) is 0. The maximum atomic E-state index is 11.5. The lowest BCUT2D eigenvalue weighted by atomic mass is 9.67. The minimum atomic E-state index is -0.757. The zero-order chi connectivity index (χ0) is 13.9. The van der Waals surface area contributed by atoms with Crippen LogP contribution >= 0.6 is 0 Å². The SMILES string of the molecule is CCOc1cccc(C2(C(CC)C(=O)O)COC2)c1. The fourth-order valence-corrected chi connectivity index (χ4v) is 2.75. The Hall–Kier alpha value is -1.55. The molecule has 0 spiro atoms. The van der Waals surface area contributed by atoms with Gasteiger partial charge in [0, 0.05) is 0 Å². The van der Waals surface area contributed by atoms with Crippen LogP contribution in [0.2, 0.25) is 0 Å². The number of benzene rings is 1. The maximum absolute atomic E-state index is 11.5. The van der Waals surface area contributed by atoms with Crippen molar-refractivity contribution in [3.63, 3.8) is 0 Å². The van der Waals surface area contributed by atoms with Crippen LogP contribution in [-0.4, -0.2) is 30.9 Å². The van der Waals surface area contributed by atoms with Crippen LogP contribution in [0.25, 0.3) is 0 Å². The zero-order valence-electron chi connectivity index (χ0n) is 11.4. The van der Waals surface area contributed by atoms with Crippen LogP contribution in [0, 0.1) is 5.92 Å². The molecule has 0 saturated carbocycles. The van der Waals surface area contributed by atoms with Crippen molar-refractivity contribution in [2.75, 3.05) is 19.8 Å². The highest BCUT2D eigenvalue weighted by molar-refractivity contribution is 5.73. The maximum Gasteiger partial charge on any atom is 0.307 e. The molecule has 1 aliphatic heterocycles. The molecule has 104 valence electrons. The highest BCUT2D eigenvalue weighted by atomic mass is 16.5. The summed E-state index contributed by atoms with van der Waals surface area (Å²) >= 11 is 0. The van der Waals surface area contributed by atoms with Gasteiger partial charge in [-0.15, -0.1) is 0 Å². The number of carboxylic acid groups (broad SMARTS) is 1. The molecule has 0 radical (unpaired) electrons. The van der Waals surface area contributed by atoms with Crippen molar-refractivity contribution in [2.45, 2.75) is 25.7 Å². The van der Waals surface area contributed by atoms with Gasteiger partial charge in [0.05, 0.1) is 31.2 Å². The van der Waals surface area contributed by atoms with Crippen molar-refractivity contribution >= 4 is 5.97 Å². The molecule has 1 N–H and O–H groups in total. The van der Waals surface area contributed by atoms with Gasteiger partial charge in [0.15, 0.2) is 0 Å². The fraction of sp³-hybridized carbons (Fsp3) is 0.533. The number of aliphatic carboxylic acids is 1. The van der Waals surface area contributed by atoms with E-state index in [1.165, 1.54) is 0 Å². The van der Waals surface area contributed by atoms with E-state index in [9.17, 15) is 9.90 Å². The topological polar surface area (TPSA) is 55.8 Å². The molecule has 1 heterocycles. The molecule has 0 aromatic heterocycles. The molecule has 19 heavy (non-hydrogen) atoms. The predicted molar refractivity (Wildman–Crippen MR) is 71.5 cm³/mol. The number of carboxylic acids is 1. The van der Waals surface area contributed by atoms with Crippen molar-refractivity contribution in [3.8, 4) is 5.75 Å². The van der Waals surface area contributed by atoms with Crippen LogP contribution in [0.4, 0.5) is 0 Å².